The Hall–Kier alpha value is -1.99. The number of carboxylic acids is 1. The summed E-state index contributed by atoms with van der Waals surface area (Å²) in [5, 5.41) is 9.80. The van der Waals surface area contributed by atoms with Crippen molar-refractivity contribution in [2.45, 2.75) is 13.0 Å². The molecule has 0 aromatic heterocycles. The van der Waals surface area contributed by atoms with Crippen LogP contribution in [0.1, 0.15) is 12.0 Å². The minimum absolute atomic E-state index is 0.0296. The molecule has 2 atom stereocenters. The standard InChI is InChI=1S/C18H23NO6/c1-22-14-7-16-15(24-4-5-25-16)6-12(14)8-19-9-13-10-23-3-2-18(13,11-19)17(20)21/h6-7,13H,2-5,8-11H2,1H3,(H,20,21)/t13-,18+/m1/s1. The number of fused-ring (bicyclic) bond motifs is 2. The number of benzene rings is 1. The van der Waals surface area contributed by atoms with Gasteiger partial charge in [-0.1, -0.05) is 0 Å². The van der Waals surface area contributed by atoms with E-state index in [4.69, 9.17) is 18.9 Å². The summed E-state index contributed by atoms with van der Waals surface area (Å²) in [7, 11) is 1.63. The fourth-order valence-corrected chi connectivity index (χ4v) is 4.19. The van der Waals surface area contributed by atoms with Crippen LogP contribution in [0.15, 0.2) is 12.1 Å². The van der Waals surface area contributed by atoms with Gasteiger partial charge in [0.15, 0.2) is 11.5 Å². The van der Waals surface area contributed by atoms with Gasteiger partial charge in [0.25, 0.3) is 0 Å². The van der Waals surface area contributed by atoms with Crippen LogP contribution in [0.4, 0.5) is 0 Å². The molecule has 0 amide bonds. The first-order valence-corrected chi connectivity index (χ1v) is 8.62. The van der Waals surface area contributed by atoms with E-state index in [1.807, 2.05) is 12.1 Å². The maximum Gasteiger partial charge on any atom is 0.311 e. The SMILES string of the molecule is COc1cc2c(cc1CN1C[C@@H]3COCC[C@]3(C(=O)O)C1)OCCO2. The predicted octanol–water partition coefficient (Wildman–Crippen LogP) is 1.39. The van der Waals surface area contributed by atoms with Gasteiger partial charge >= 0.3 is 5.97 Å². The Balaban J connectivity index is 1.57. The van der Waals surface area contributed by atoms with E-state index >= 15 is 0 Å². The van der Waals surface area contributed by atoms with E-state index in [9.17, 15) is 9.90 Å². The molecule has 2 saturated heterocycles. The predicted molar refractivity (Wildman–Crippen MR) is 88.3 cm³/mol. The quantitative estimate of drug-likeness (QED) is 0.880. The normalized spacial score (nSPS) is 28.4. The number of hydrogen-bond acceptors (Lipinski definition) is 6. The fraction of sp³-hybridized carbons (Fsp3) is 0.611. The van der Waals surface area contributed by atoms with Crippen molar-refractivity contribution in [2.24, 2.45) is 11.3 Å². The average Bonchev–Trinajstić information content (AvgIpc) is 3.00. The number of aliphatic carboxylic acids is 1. The molecule has 25 heavy (non-hydrogen) atoms. The van der Waals surface area contributed by atoms with Crippen molar-refractivity contribution in [3.63, 3.8) is 0 Å². The first kappa shape index (κ1) is 16.5. The number of carbonyl (C=O) groups is 1. The van der Waals surface area contributed by atoms with Crippen molar-refractivity contribution in [2.75, 3.05) is 46.6 Å². The Labute approximate surface area is 146 Å². The zero-order chi connectivity index (χ0) is 17.4. The van der Waals surface area contributed by atoms with E-state index in [0.29, 0.717) is 58.2 Å². The molecular weight excluding hydrogens is 326 g/mol. The van der Waals surface area contributed by atoms with Crippen LogP contribution in [0.5, 0.6) is 17.2 Å². The highest BCUT2D eigenvalue weighted by Crippen LogP contribution is 2.44. The van der Waals surface area contributed by atoms with E-state index in [2.05, 4.69) is 4.90 Å². The molecule has 0 bridgehead atoms. The molecular formula is C18H23NO6. The summed E-state index contributed by atoms with van der Waals surface area (Å²) in [6, 6.07) is 3.79. The molecule has 1 aromatic carbocycles. The van der Waals surface area contributed by atoms with Gasteiger partial charge in [0.05, 0.1) is 19.1 Å². The average molecular weight is 349 g/mol. The van der Waals surface area contributed by atoms with Gasteiger partial charge in [0, 0.05) is 43.8 Å². The third-order valence-corrected chi connectivity index (χ3v) is 5.54. The van der Waals surface area contributed by atoms with Crippen molar-refractivity contribution < 1.29 is 28.8 Å². The van der Waals surface area contributed by atoms with Crippen LogP contribution in [0, 0.1) is 11.3 Å². The number of likely N-dealkylation sites (tertiary alicyclic amines) is 1. The molecule has 3 aliphatic rings. The number of ether oxygens (including phenoxy) is 4. The van der Waals surface area contributed by atoms with Gasteiger partial charge in [-0.2, -0.15) is 0 Å². The maximum atomic E-state index is 11.9. The zero-order valence-electron chi connectivity index (χ0n) is 14.3. The Bertz CT molecular complexity index is 678. The Kier molecular flexibility index (Phi) is 4.21. The number of carboxylic acid groups (broad SMARTS) is 1. The second kappa shape index (κ2) is 6.38. The lowest BCUT2D eigenvalue weighted by Gasteiger charge is -2.34. The molecule has 3 heterocycles. The van der Waals surface area contributed by atoms with Crippen LogP contribution in [-0.2, 0) is 16.1 Å². The van der Waals surface area contributed by atoms with E-state index < -0.39 is 11.4 Å². The van der Waals surface area contributed by atoms with Gasteiger partial charge < -0.3 is 24.1 Å². The largest absolute Gasteiger partial charge is 0.496 e. The van der Waals surface area contributed by atoms with Crippen LogP contribution in [-0.4, -0.2) is 62.6 Å². The molecule has 1 aromatic rings. The summed E-state index contributed by atoms with van der Waals surface area (Å²) in [6.07, 6.45) is 0.571. The highest BCUT2D eigenvalue weighted by Gasteiger charge is 2.53. The smallest absolute Gasteiger partial charge is 0.311 e. The highest BCUT2D eigenvalue weighted by atomic mass is 16.6. The molecule has 4 rings (SSSR count). The monoisotopic (exact) mass is 349 g/mol. The third kappa shape index (κ3) is 2.81. The summed E-state index contributed by atoms with van der Waals surface area (Å²) in [5.41, 5.74) is 0.283. The molecule has 0 radical (unpaired) electrons. The van der Waals surface area contributed by atoms with E-state index in [1.165, 1.54) is 0 Å². The lowest BCUT2D eigenvalue weighted by atomic mass is 9.74. The number of hydrogen-bond donors (Lipinski definition) is 1. The first-order chi connectivity index (χ1) is 12.1. The number of methoxy groups -OCH3 is 1. The van der Waals surface area contributed by atoms with Crippen molar-refractivity contribution in [3.8, 4) is 17.2 Å². The van der Waals surface area contributed by atoms with Crippen LogP contribution in [0.2, 0.25) is 0 Å². The van der Waals surface area contributed by atoms with Crippen molar-refractivity contribution in [1.82, 2.24) is 4.90 Å². The van der Waals surface area contributed by atoms with E-state index in [1.54, 1.807) is 7.11 Å². The zero-order valence-corrected chi connectivity index (χ0v) is 14.3. The van der Waals surface area contributed by atoms with Gasteiger partial charge in [-0.3, -0.25) is 9.69 Å². The molecule has 0 spiro atoms. The van der Waals surface area contributed by atoms with E-state index in [-0.39, 0.29) is 5.92 Å². The molecule has 2 fully saturated rings. The first-order valence-electron chi connectivity index (χ1n) is 8.62. The van der Waals surface area contributed by atoms with Gasteiger partial charge in [0.2, 0.25) is 0 Å². The maximum absolute atomic E-state index is 11.9. The summed E-state index contributed by atoms with van der Waals surface area (Å²) in [5.74, 6) is 1.46. The van der Waals surface area contributed by atoms with Gasteiger partial charge in [-0.05, 0) is 12.5 Å². The molecule has 7 nitrogen and oxygen atoms in total. The van der Waals surface area contributed by atoms with Crippen molar-refractivity contribution >= 4 is 5.97 Å². The van der Waals surface area contributed by atoms with Gasteiger partial charge in [-0.25, -0.2) is 0 Å². The van der Waals surface area contributed by atoms with Crippen molar-refractivity contribution in [3.05, 3.63) is 17.7 Å². The lowest BCUT2D eigenvalue weighted by Crippen LogP contribution is -2.44. The molecule has 7 heteroatoms. The second-order valence-electron chi connectivity index (χ2n) is 6.96. The van der Waals surface area contributed by atoms with Crippen LogP contribution in [0.3, 0.4) is 0 Å². The molecule has 0 saturated carbocycles. The third-order valence-electron chi connectivity index (χ3n) is 5.54. The van der Waals surface area contributed by atoms with E-state index in [0.717, 1.165) is 17.1 Å². The van der Waals surface area contributed by atoms with Gasteiger partial charge in [0.1, 0.15) is 19.0 Å². The van der Waals surface area contributed by atoms with Crippen LogP contribution >= 0.6 is 0 Å². The second-order valence-corrected chi connectivity index (χ2v) is 6.96. The Morgan fingerprint density at radius 2 is 2.08 bits per heavy atom. The number of rotatable bonds is 4. The summed E-state index contributed by atoms with van der Waals surface area (Å²) in [4.78, 5) is 14.1. The summed E-state index contributed by atoms with van der Waals surface area (Å²) in [6.45, 7) is 3.96. The Morgan fingerprint density at radius 3 is 2.76 bits per heavy atom. The molecule has 3 aliphatic heterocycles. The summed E-state index contributed by atoms with van der Waals surface area (Å²) >= 11 is 0. The van der Waals surface area contributed by atoms with Crippen LogP contribution < -0.4 is 14.2 Å². The fourth-order valence-electron chi connectivity index (χ4n) is 4.19. The lowest BCUT2D eigenvalue weighted by molar-refractivity contribution is -0.157. The topological polar surface area (TPSA) is 77.5 Å². The molecule has 1 N–H and O–H groups in total. The molecule has 0 unspecified atom stereocenters. The minimum atomic E-state index is -0.711. The van der Waals surface area contributed by atoms with Gasteiger partial charge in [-0.15, -0.1) is 0 Å². The number of nitrogens with zero attached hydrogens (tertiary/aromatic N) is 1. The summed E-state index contributed by atoms with van der Waals surface area (Å²) < 4.78 is 22.3. The highest BCUT2D eigenvalue weighted by molar-refractivity contribution is 5.76. The minimum Gasteiger partial charge on any atom is -0.496 e. The Morgan fingerprint density at radius 1 is 1.32 bits per heavy atom. The van der Waals surface area contributed by atoms with Crippen molar-refractivity contribution in [1.29, 1.82) is 0 Å². The van der Waals surface area contributed by atoms with Crippen LogP contribution in [0.25, 0.3) is 0 Å². The molecule has 136 valence electrons. The molecule has 0 aliphatic carbocycles.